The molecule has 11 heteroatoms. The topological polar surface area (TPSA) is 125 Å². The monoisotopic (exact) mass is 661 g/mol. The first-order chi connectivity index (χ1) is 22.6. The van der Waals surface area contributed by atoms with Crippen LogP contribution in [0.1, 0.15) is 50.3 Å². The number of ether oxygens (including phenoxy) is 2. The highest BCUT2D eigenvalue weighted by Gasteiger charge is 2.74. The minimum atomic E-state index is -1.47. The lowest BCUT2D eigenvalue weighted by Crippen LogP contribution is -2.58. The molecule has 4 aliphatic rings. The molecule has 3 amide bonds. The molecule has 4 heterocycles. The summed E-state index contributed by atoms with van der Waals surface area (Å²) in [7, 11) is 0. The Morgan fingerprint density at radius 1 is 1.06 bits per heavy atom. The van der Waals surface area contributed by atoms with Gasteiger partial charge in [-0.25, -0.2) is 0 Å². The molecule has 4 aliphatic heterocycles. The fourth-order valence-corrected chi connectivity index (χ4v) is 7.91. The van der Waals surface area contributed by atoms with Gasteiger partial charge < -0.3 is 29.7 Å². The Hall–Kier alpha value is -3.99. The number of nitrogens with one attached hydrogen (secondary N) is 1. The van der Waals surface area contributed by atoms with Gasteiger partial charge in [-0.3, -0.25) is 19.2 Å². The Kier molecular flexibility index (Phi) is 9.29. The second-order valence-electron chi connectivity index (χ2n) is 12.7. The molecule has 248 valence electrons. The lowest BCUT2D eigenvalue weighted by molar-refractivity contribution is -0.161. The lowest BCUT2D eigenvalue weighted by Gasteiger charge is -2.39. The predicted octanol–water partition coefficient (Wildman–Crippen LogP) is 4.04. The standard InChI is InChI=1S/C36H40ClN3O7/c1-4-24(20-41)40-32-34(44)39(30-21(2)12-11-15-25(30)37)19-10-6-9-16-27(42)38-22(3)31(23-13-7-5-8-14-23)46-35(45)28-26-17-18-36(32,47-26)29(28)33(40)43/h5-8,10-15,17-18,22,24,26,28-29,31-32,41H,4,9,16,19-20H2,1-3H3,(H,38,42)/b10-6-/t22-,24-,26+,28-,29-,31+,32+,36-/m0/s1. The molecule has 47 heavy (non-hydrogen) atoms. The fraction of sp³-hybridized carbons (Fsp3) is 0.444. The van der Waals surface area contributed by atoms with Crippen molar-refractivity contribution in [2.75, 3.05) is 18.1 Å². The largest absolute Gasteiger partial charge is 0.455 e. The molecular weight excluding hydrogens is 622 g/mol. The summed E-state index contributed by atoms with van der Waals surface area (Å²) in [5.41, 5.74) is 0.442. The molecule has 5 bridgehead atoms. The number of amides is 3. The van der Waals surface area contributed by atoms with Gasteiger partial charge in [0.05, 0.1) is 41.4 Å². The first-order valence-corrected chi connectivity index (χ1v) is 16.6. The molecule has 2 saturated heterocycles. The maximum Gasteiger partial charge on any atom is 0.313 e. The third-order valence-corrected chi connectivity index (χ3v) is 10.1. The Balaban J connectivity index is 1.49. The molecular formula is C36H40ClN3O7. The maximum atomic E-state index is 15.0. The average Bonchev–Trinajstić information content (AvgIpc) is 3.70. The van der Waals surface area contributed by atoms with Gasteiger partial charge in [-0.05, 0) is 43.9 Å². The average molecular weight is 662 g/mol. The predicted molar refractivity (Wildman–Crippen MR) is 175 cm³/mol. The van der Waals surface area contributed by atoms with Crippen LogP contribution in [0.4, 0.5) is 5.69 Å². The number of fused-ring (bicyclic) bond motifs is 2. The summed E-state index contributed by atoms with van der Waals surface area (Å²) in [5, 5.41) is 13.8. The molecule has 6 rings (SSSR count). The summed E-state index contributed by atoms with van der Waals surface area (Å²) in [5.74, 6) is -3.91. The van der Waals surface area contributed by atoms with Gasteiger partial charge in [0.15, 0.2) is 0 Å². The van der Waals surface area contributed by atoms with Crippen LogP contribution in [-0.2, 0) is 28.7 Å². The smallest absolute Gasteiger partial charge is 0.313 e. The van der Waals surface area contributed by atoms with Crippen LogP contribution in [0.5, 0.6) is 0 Å². The van der Waals surface area contributed by atoms with E-state index in [-0.39, 0.29) is 25.5 Å². The van der Waals surface area contributed by atoms with Crippen LogP contribution in [0.2, 0.25) is 5.02 Å². The van der Waals surface area contributed by atoms with Gasteiger partial charge in [-0.2, -0.15) is 0 Å². The van der Waals surface area contributed by atoms with Crippen molar-refractivity contribution < 1.29 is 33.8 Å². The summed E-state index contributed by atoms with van der Waals surface area (Å²) >= 11 is 6.72. The molecule has 0 unspecified atom stereocenters. The number of allylic oxidation sites excluding steroid dienone is 1. The van der Waals surface area contributed by atoms with Crippen LogP contribution in [0.25, 0.3) is 0 Å². The van der Waals surface area contributed by atoms with E-state index in [0.717, 1.165) is 5.56 Å². The van der Waals surface area contributed by atoms with Gasteiger partial charge in [0.25, 0.3) is 5.91 Å². The molecule has 2 aromatic carbocycles. The first kappa shape index (κ1) is 32.9. The molecule has 0 radical (unpaired) electrons. The number of esters is 1. The number of halogens is 1. The second kappa shape index (κ2) is 13.3. The van der Waals surface area contributed by atoms with Crippen molar-refractivity contribution in [1.29, 1.82) is 0 Å². The highest BCUT2D eigenvalue weighted by atomic mass is 35.5. The summed E-state index contributed by atoms with van der Waals surface area (Å²) in [6.45, 7) is 5.18. The van der Waals surface area contributed by atoms with Crippen LogP contribution in [0.15, 0.2) is 72.8 Å². The number of carbonyl (C=O) groups excluding carboxylic acids is 4. The number of hydrogen-bond donors (Lipinski definition) is 2. The van der Waals surface area contributed by atoms with E-state index in [1.807, 2.05) is 56.3 Å². The highest BCUT2D eigenvalue weighted by molar-refractivity contribution is 6.34. The van der Waals surface area contributed by atoms with Crippen molar-refractivity contribution >= 4 is 41.0 Å². The number of benzene rings is 2. The van der Waals surface area contributed by atoms with E-state index in [9.17, 15) is 24.3 Å². The molecule has 2 aromatic rings. The number of carbonyl (C=O) groups is 4. The van der Waals surface area contributed by atoms with Crippen LogP contribution in [0, 0.1) is 18.8 Å². The van der Waals surface area contributed by atoms with Gasteiger partial charge in [-0.15, -0.1) is 0 Å². The van der Waals surface area contributed by atoms with Crippen LogP contribution >= 0.6 is 11.6 Å². The molecule has 2 fully saturated rings. The number of rotatable bonds is 5. The van der Waals surface area contributed by atoms with E-state index in [1.54, 1.807) is 37.3 Å². The number of para-hydroxylation sites is 1. The number of likely N-dealkylation sites (tertiary alicyclic amines) is 1. The molecule has 2 N–H and O–H groups in total. The summed E-state index contributed by atoms with van der Waals surface area (Å²) in [4.78, 5) is 59.7. The van der Waals surface area contributed by atoms with Crippen molar-refractivity contribution in [3.8, 4) is 0 Å². The van der Waals surface area contributed by atoms with E-state index in [0.29, 0.717) is 29.1 Å². The quantitative estimate of drug-likeness (QED) is 0.366. The van der Waals surface area contributed by atoms with Gasteiger partial charge in [-0.1, -0.05) is 85.3 Å². The van der Waals surface area contributed by atoms with Crippen molar-refractivity contribution in [2.24, 2.45) is 11.8 Å². The van der Waals surface area contributed by atoms with Gasteiger partial charge in [0.1, 0.15) is 23.7 Å². The van der Waals surface area contributed by atoms with Crippen molar-refractivity contribution in [3.63, 3.8) is 0 Å². The highest BCUT2D eigenvalue weighted by Crippen LogP contribution is 2.56. The number of anilines is 1. The third kappa shape index (κ3) is 5.66. The Morgan fingerprint density at radius 3 is 2.53 bits per heavy atom. The van der Waals surface area contributed by atoms with Crippen LogP contribution in [-0.4, -0.2) is 76.7 Å². The molecule has 1 spiro atoms. The normalized spacial score (nSPS) is 32.3. The van der Waals surface area contributed by atoms with Crippen LogP contribution in [0.3, 0.4) is 0 Å². The van der Waals surface area contributed by atoms with Gasteiger partial charge >= 0.3 is 5.97 Å². The Labute approximate surface area is 279 Å². The minimum absolute atomic E-state index is 0.102. The third-order valence-electron chi connectivity index (χ3n) is 9.82. The van der Waals surface area contributed by atoms with Gasteiger partial charge in [0.2, 0.25) is 11.8 Å². The zero-order valence-electron chi connectivity index (χ0n) is 26.7. The van der Waals surface area contributed by atoms with E-state index < -0.39 is 65.6 Å². The molecule has 0 saturated carbocycles. The van der Waals surface area contributed by atoms with Crippen molar-refractivity contribution in [3.05, 3.63) is 89.0 Å². The molecule has 10 nitrogen and oxygen atoms in total. The Bertz CT molecular complexity index is 1590. The van der Waals surface area contributed by atoms with E-state index in [1.165, 1.54) is 9.80 Å². The second-order valence-corrected chi connectivity index (χ2v) is 13.1. The number of aliphatic hydroxyl groups excluding tert-OH is 1. The van der Waals surface area contributed by atoms with Crippen LogP contribution < -0.4 is 10.2 Å². The zero-order chi connectivity index (χ0) is 33.5. The minimum Gasteiger partial charge on any atom is -0.455 e. The zero-order valence-corrected chi connectivity index (χ0v) is 27.4. The summed E-state index contributed by atoms with van der Waals surface area (Å²) in [6, 6.07) is 12.0. The molecule has 8 atom stereocenters. The van der Waals surface area contributed by atoms with E-state index >= 15 is 0 Å². The summed E-state index contributed by atoms with van der Waals surface area (Å²) < 4.78 is 12.7. The number of cyclic esters (lactones) is 1. The van der Waals surface area contributed by atoms with Crippen molar-refractivity contribution in [1.82, 2.24) is 10.2 Å². The fourth-order valence-electron chi connectivity index (χ4n) is 7.59. The number of aryl methyl sites for hydroxylation is 1. The number of hydrogen-bond acceptors (Lipinski definition) is 7. The maximum absolute atomic E-state index is 15.0. The van der Waals surface area contributed by atoms with Crippen molar-refractivity contribution in [2.45, 2.75) is 76.0 Å². The molecule has 0 aliphatic carbocycles. The number of nitrogens with zero attached hydrogens (tertiary/aromatic N) is 2. The first-order valence-electron chi connectivity index (χ1n) is 16.2. The molecule has 0 aromatic heterocycles. The van der Waals surface area contributed by atoms with E-state index in [2.05, 4.69) is 5.32 Å². The SMILES string of the molecule is CC[C@@H](CO)N1C(=O)[C@@H]2[C@H]3C(=O)O[C@@H](c4ccccc4)[C@H](C)NC(=O)CC/C=C\CN(c4c(C)cccc4Cl)C(=O)[C@@H]1[C@]21C=C[C@H]3O1. The summed E-state index contributed by atoms with van der Waals surface area (Å²) in [6.07, 6.45) is 6.39. The number of aliphatic hydroxyl groups is 1. The van der Waals surface area contributed by atoms with E-state index in [4.69, 9.17) is 21.1 Å². The Morgan fingerprint density at radius 2 is 1.83 bits per heavy atom. The lowest BCUT2D eigenvalue weighted by atomic mass is 9.74. The van der Waals surface area contributed by atoms with Gasteiger partial charge in [0, 0.05) is 13.0 Å².